The van der Waals surface area contributed by atoms with Crippen LogP contribution in [0.1, 0.15) is 19.3 Å². The zero-order chi connectivity index (χ0) is 11.5. The smallest absolute Gasteiger partial charge is 0.237 e. The second-order valence-electron chi connectivity index (χ2n) is 4.87. The summed E-state index contributed by atoms with van der Waals surface area (Å²) in [5, 5.41) is 15.3. The van der Waals surface area contributed by atoms with Crippen LogP contribution in [-0.2, 0) is 4.79 Å². The van der Waals surface area contributed by atoms with Gasteiger partial charge in [-0.15, -0.1) is 0 Å². The van der Waals surface area contributed by atoms with Crippen LogP contribution in [0, 0.1) is 0 Å². The molecular weight excluding hydrogens is 206 g/mol. The van der Waals surface area contributed by atoms with Crippen molar-refractivity contribution in [1.82, 2.24) is 15.5 Å². The molecule has 3 unspecified atom stereocenters. The van der Waals surface area contributed by atoms with Crippen molar-refractivity contribution >= 4 is 5.91 Å². The maximum absolute atomic E-state index is 11.8. The van der Waals surface area contributed by atoms with Crippen LogP contribution in [0.2, 0.25) is 0 Å². The van der Waals surface area contributed by atoms with Gasteiger partial charge in [0.05, 0.1) is 12.1 Å². The molecule has 2 saturated heterocycles. The lowest BCUT2D eigenvalue weighted by molar-refractivity contribution is -0.123. The lowest BCUT2D eigenvalue weighted by Gasteiger charge is -2.20. The summed E-state index contributed by atoms with van der Waals surface area (Å²) >= 11 is 0. The first-order valence-electron chi connectivity index (χ1n) is 6.06. The number of aliphatic hydroxyl groups is 1. The molecule has 0 aromatic heterocycles. The number of nitrogens with zero attached hydrogens (tertiary/aromatic N) is 1. The van der Waals surface area contributed by atoms with Crippen molar-refractivity contribution < 1.29 is 9.90 Å². The van der Waals surface area contributed by atoms with E-state index in [-0.39, 0.29) is 18.1 Å². The lowest BCUT2D eigenvalue weighted by Crippen LogP contribution is -2.45. The summed E-state index contributed by atoms with van der Waals surface area (Å²) in [5.41, 5.74) is 0. The third kappa shape index (κ3) is 2.72. The Kier molecular flexibility index (Phi) is 3.78. The van der Waals surface area contributed by atoms with Crippen LogP contribution in [0.5, 0.6) is 0 Å². The molecule has 0 aliphatic carbocycles. The van der Waals surface area contributed by atoms with Gasteiger partial charge in [-0.3, -0.25) is 4.79 Å². The number of likely N-dealkylation sites (tertiary alicyclic amines) is 1. The summed E-state index contributed by atoms with van der Waals surface area (Å²) in [7, 11) is 2.10. The predicted octanol–water partition coefficient (Wildman–Crippen LogP) is -1.08. The molecule has 5 nitrogen and oxygen atoms in total. The molecule has 2 heterocycles. The fraction of sp³-hybridized carbons (Fsp3) is 0.909. The van der Waals surface area contributed by atoms with Crippen LogP contribution < -0.4 is 10.6 Å². The molecule has 0 saturated carbocycles. The molecule has 5 heteroatoms. The summed E-state index contributed by atoms with van der Waals surface area (Å²) in [6, 6.07) is 0.275. The van der Waals surface area contributed by atoms with Crippen LogP contribution in [0.4, 0.5) is 0 Å². The number of aliphatic hydroxyl groups excluding tert-OH is 1. The molecule has 2 aliphatic rings. The molecule has 2 aliphatic heterocycles. The molecule has 92 valence electrons. The van der Waals surface area contributed by atoms with Gasteiger partial charge in [0.25, 0.3) is 0 Å². The van der Waals surface area contributed by atoms with Crippen LogP contribution in [0.25, 0.3) is 0 Å². The van der Waals surface area contributed by atoms with Crippen molar-refractivity contribution in [1.29, 1.82) is 0 Å². The molecule has 2 rings (SSSR count). The van der Waals surface area contributed by atoms with Crippen molar-refractivity contribution in [3.63, 3.8) is 0 Å². The third-order valence-corrected chi connectivity index (χ3v) is 3.61. The number of carbonyl (C=O) groups is 1. The second kappa shape index (κ2) is 5.12. The van der Waals surface area contributed by atoms with Gasteiger partial charge in [-0.2, -0.15) is 0 Å². The maximum atomic E-state index is 11.8. The van der Waals surface area contributed by atoms with E-state index in [4.69, 9.17) is 0 Å². The van der Waals surface area contributed by atoms with Crippen LogP contribution in [0.3, 0.4) is 0 Å². The fourth-order valence-electron chi connectivity index (χ4n) is 2.50. The molecule has 0 radical (unpaired) electrons. The van der Waals surface area contributed by atoms with Gasteiger partial charge >= 0.3 is 0 Å². The number of hydrogen-bond donors (Lipinski definition) is 3. The van der Waals surface area contributed by atoms with E-state index in [0.29, 0.717) is 19.0 Å². The van der Waals surface area contributed by atoms with Crippen molar-refractivity contribution in [3.05, 3.63) is 0 Å². The molecule has 1 amide bonds. The maximum Gasteiger partial charge on any atom is 0.237 e. The molecule has 16 heavy (non-hydrogen) atoms. The predicted molar refractivity (Wildman–Crippen MR) is 61.1 cm³/mol. The monoisotopic (exact) mass is 227 g/mol. The highest BCUT2D eigenvalue weighted by atomic mass is 16.3. The van der Waals surface area contributed by atoms with Crippen molar-refractivity contribution in [2.75, 3.05) is 26.7 Å². The van der Waals surface area contributed by atoms with E-state index in [9.17, 15) is 9.90 Å². The average Bonchev–Trinajstić information content (AvgIpc) is 2.84. The molecule has 0 spiro atoms. The van der Waals surface area contributed by atoms with E-state index >= 15 is 0 Å². The van der Waals surface area contributed by atoms with Crippen LogP contribution in [-0.4, -0.2) is 60.8 Å². The largest absolute Gasteiger partial charge is 0.392 e. The highest BCUT2D eigenvalue weighted by molar-refractivity contribution is 5.82. The average molecular weight is 227 g/mol. The summed E-state index contributed by atoms with van der Waals surface area (Å²) < 4.78 is 0. The van der Waals surface area contributed by atoms with E-state index in [1.807, 2.05) is 0 Å². The molecule has 0 bridgehead atoms. The van der Waals surface area contributed by atoms with Crippen molar-refractivity contribution in [2.45, 2.75) is 37.5 Å². The van der Waals surface area contributed by atoms with Gasteiger partial charge in [-0.25, -0.2) is 0 Å². The Morgan fingerprint density at radius 2 is 2.44 bits per heavy atom. The highest BCUT2D eigenvalue weighted by Gasteiger charge is 2.29. The molecule has 2 fully saturated rings. The van der Waals surface area contributed by atoms with E-state index in [0.717, 1.165) is 19.5 Å². The Hall–Kier alpha value is -0.650. The minimum atomic E-state index is -0.370. The number of hydrogen-bond acceptors (Lipinski definition) is 4. The van der Waals surface area contributed by atoms with Crippen molar-refractivity contribution in [3.8, 4) is 0 Å². The van der Waals surface area contributed by atoms with Gasteiger partial charge in [-0.05, 0) is 32.9 Å². The topological polar surface area (TPSA) is 64.6 Å². The Morgan fingerprint density at radius 3 is 3.00 bits per heavy atom. The number of carbonyl (C=O) groups excluding carboxylic acids is 1. The zero-order valence-electron chi connectivity index (χ0n) is 9.78. The van der Waals surface area contributed by atoms with Crippen molar-refractivity contribution in [2.24, 2.45) is 0 Å². The Bertz CT molecular complexity index is 260. The normalized spacial score (nSPS) is 35.5. The minimum Gasteiger partial charge on any atom is -0.392 e. The van der Waals surface area contributed by atoms with E-state index in [2.05, 4.69) is 22.6 Å². The first-order chi connectivity index (χ1) is 7.66. The number of amides is 1. The van der Waals surface area contributed by atoms with E-state index < -0.39 is 0 Å². The molecule has 3 atom stereocenters. The minimum absolute atomic E-state index is 0.0249. The number of likely N-dealkylation sites (N-methyl/N-ethyl adjacent to an activating group) is 1. The molecule has 0 aromatic carbocycles. The summed E-state index contributed by atoms with van der Waals surface area (Å²) in [4.78, 5) is 14.0. The lowest BCUT2D eigenvalue weighted by atomic mass is 10.2. The third-order valence-electron chi connectivity index (χ3n) is 3.61. The molecule has 0 aromatic rings. The first-order valence-corrected chi connectivity index (χ1v) is 6.06. The number of rotatable bonds is 3. The Labute approximate surface area is 96.2 Å². The highest BCUT2D eigenvalue weighted by Crippen LogP contribution is 2.13. The first kappa shape index (κ1) is 11.8. The number of nitrogens with one attached hydrogen (secondary N) is 2. The van der Waals surface area contributed by atoms with E-state index in [1.165, 1.54) is 6.42 Å². The van der Waals surface area contributed by atoms with Gasteiger partial charge in [-0.1, -0.05) is 0 Å². The molecule has 3 N–H and O–H groups in total. The zero-order valence-corrected chi connectivity index (χ0v) is 9.78. The fourth-order valence-corrected chi connectivity index (χ4v) is 2.50. The Balaban J connectivity index is 1.71. The summed E-state index contributed by atoms with van der Waals surface area (Å²) in [5.74, 6) is 0.0249. The van der Waals surface area contributed by atoms with Crippen LogP contribution in [0.15, 0.2) is 0 Å². The van der Waals surface area contributed by atoms with Gasteiger partial charge in [0, 0.05) is 19.1 Å². The summed E-state index contributed by atoms with van der Waals surface area (Å²) in [6.07, 6.45) is 2.55. The quantitative estimate of drug-likeness (QED) is 0.574. The van der Waals surface area contributed by atoms with Crippen LogP contribution >= 0.6 is 0 Å². The molecular formula is C11H21N3O2. The van der Waals surface area contributed by atoms with E-state index in [1.54, 1.807) is 0 Å². The van der Waals surface area contributed by atoms with Gasteiger partial charge in [0.15, 0.2) is 0 Å². The van der Waals surface area contributed by atoms with Gasteiger partial charge < -0.3 is 20.6 Å². The van der Waals surface area contributed by atoms with Gasteiger partial charge in [0.1, 0.15) is 0 Å². The SMILES string of the molecule is CN1CCCC1CNC(=O)C1CC(O)CN1. The standard InChI is InChI=1S/C11H21N3O2/c1-14-4-2-3-8(14)6-13-11(16)10-5-9(15)7-12-10/h8-10,12,15H,2-7H2,1H3,(H,13,16). The number of β-amino-alcohol motifs (C(OH)–C–C–N with tert-alkyl or cyclic N) is 1. The summed E-state index contributed by atoms with van der Waals surface area (Å²) in [6.45, 7) is 2.38. The van der Waals surface area contributed by atoms with Gasteiger partial charge in [0.2, 0.25) is 5.91 Å². The Morgan fingerprint density at radius 1 is 1.62 bits per heavy atom. The second-order valence-corrected chi connectivity index (χ2v) is 4.87.